The van der Waals surface area contributed by atoms with Crippen molar-refractivity contribution >= 4 is 34.0 Å². The molecule has 4 nitrogen and oxygen atoms in total. The van der Waals surface area contributed by atoms with Gasteiger partial charge in [-0.2, -0.15) is 0 Å². The van der Waals surface area contributed by atoms with Crippen LogP contribution in [0.1, 0.15) is 10.4 Å². The number of hydrogen-bond acceptors (Lipinski definition) is 4. The SMILES string of the molecule is COC(=O)c1cccc(Cl)c1NCCOc1ccc2ccccc2c1. The van der Waals surface area contributed by atoms with Gasteiger partial charge in [0.25, 0.3) is 0 Å². The Labute approximate surface area is 151 Å². The Hall–Kier alpha value is -2.72. The number of para-hydroxylation sites is 1. The van der Waals surface area contributed by atoms with Gasteiger partial charge in [-0.15, -0.1) is 0 Å². The first-order chi connectivity index (χ1) is 12.2. The lowest BCUT2D eigenvalue weighted by molar-refractivity contribution is 0.0602. The van der Waals surface area contributed by atoms with Gasteiger partial charge in [0, 0.05) is 6.54 Å². The molecule has 0 amide bonds. The molecule has 128 valence electrons. The maximum atomic E-state index is 11.8. The number of fused-ring (bicyclic) bond motifs is 1. The van der Waals surface area contributed by atoms with Gasteiger partial charge in [-0.25, -0.2) is 4.79 Å². The molecule has 0 aliphatic rings. The van der Waals surface area contributed by atoms with Gasteiger partial charge in [0.15, 0.2) is 0 Å². The fourth-order valence-corrected chi connectivity index (χ4v) is 2.83. The van der Waals surface area contributed by atoms with Gasteiger partial charge in [-0.1, -0.05) is 48.0 Å². The Morgan fingerprint density at radius 1 is 1.04 bits per heavy atom. The first-order valence-electron chi connectivity index (χ1n) is 7.91. The summed E-state index contributed by atoms with van der Waals surface area (Å²) in [5.41, 5.74) is 0.957. The minimum absolute atomic E-state index is 0.403. The first-order valence-corrected chi connectivity index (χ1v) is 8.29. The lowest BCUT2D eigenvalue weighted by atomic mass is 10.1. The second-order valence-corrected chi connectivity index (χ2v) is 5.85. The van der Waals surface area contributed by atoms with E-state index in [-0.39, 0.29) is 0 Å². The van der Waals surface area contributed by atoms with Crippen LogP contribution in [-0.2, 0) is 4.74 Å². The monoisotopic (exact) mass is 355 g/mol. The summed E-state index contributed by atoms with van der Waals surface area (Å²) < 4.78 is 10.6. The number of methoxy groups -OCH3 is 1. The third kappa shape index (κ3) is 4.03. The van der Waals surface area contributed by atoms with Crippen molar-refractivity contribution in [3.8, 4) is 5.75 Å². The highest BCUT2D eigenvalue weighted by Gasteiger charge is 2.14. The van der Waals surface area contributed by atoms with Crippen molar-refractivity contribution in [1.29, 1.82) is 0 Å². The summed E-state index contributed by atoms with van der Waals surface area (Å²) in [7, 11) is 1.34. The summed E-state index contributed by atoms with van der Waals surface area (Å²) in [6.07, 6.45) is 0. The number of esters is 1. The number of rotatable bonds is 6. The average molecular weight is 356 g/mol. The van der Waals surface area contributed by atoms with E-state index in [4.69, 9.17) is 21.1 Å². The Morgan fingerprint density at radius 2 is 1.84 bits per heavy atom. The molecular formula is C20H18ClNO3. The Bertz CT molecular complexity index is 895. The lowest BCUT2D eigenvalue weighted by Crippen LogP contribution is -2.15. The molecule has 5 heteroatoms. The van der Waals surface area contributed by atoms with E-state index in [2.05, 4.69) is 11.4 Å². The molecule has 3 rings (SSSR count). The molecule has 0 unspecified atom stereocenters. The van der Waals surface area contributed by atoms with Gasteiger partial charge in [0.1, 0.15) is 12.4 Å². The van der Waals surface area contributed by atoms with Crippen LogP contribution in [0.15, 0.2) is 60.7 Å². The largest absolute Gasteiger partial charge is 0.492 e. The van der Waals surface area contributed by atoms with Crippen LogP contribution in [0.25, 0.3) is 10.8 Å². The van der Waals surface area contributed by atoms with Crippen LogP contribution < -0.4 is 10.1 Å². The summed E-state index contributed by atoms with van der Waals surface area (Å²) in [6, 6.07) is 19.2. The number of halogens is 1. The van der Waals surface area contributed by atoms with Crippen LogP contribution in [0.5, 0.6) is 5.75 Å². The van der Waals surface area contributed by atoms with Crippen molar-refractivity contribution < 1.29 is 14.3 Å². The standard InChI is InChI=1S/C20H18ClNO3/c1-24-20(23)17-7-4-8-18(21)19(17)22-11-12-25-16-10-9-14-5-2-3-6-15(14)13-16/h2-10,13,22H,11-12H2,1H3. The van der Waals surface area contributed by atoms with Gasteiger partial charge in [0.2, 0.25) is 0 Å². The Balaban J connectivity index is 1.62. The molecule has 0 aliphatic carbocycles. The zero-order valence-electron chi connectivity index (χ0n) is 13.8. The van der Waals surface area contributed by atoms with Crippen molar-refractivity contribution in [2.75, 3.05) is 25.6 Å². The van der Waals surface area contributed by atoms with Crippen LogP contribution in [0.3, 0.4) is 0 Å². The zero-order chi connectivity index (χ0) is 17.6. The van der Waals surface area contributed by atoms with E-state index in [0.29, 0.717) is 29.4 Å². The zero-order valence-corrected chi connectivity index (χ0v) is 14.5. The first kappa shape index (κ1) is 17.1. The van der Waals surface area contributed by atoms with Crippen molar-refractivity contribution in [1.82, 2.24) is 0 Å². The minimum Gasteiger partial charge on any atom is -0.492 e. The number of nitrogens with one attached hydrogen (secondary N) is 1. The fraction of sp³-hybridized carbons (Fsp3) is 0.150. The van der Waals surface area contributed by atoms with Crippen molar-refractivity contribution in [2.24, 2.45) is 0 Å². The van der Waals surface area contributed by atoms with E-state index in [9.17, 15) is 4.79 Å². The van der Waals surface area contributed by atoms with Gasteiger partial charge in [-0.3, -0.25) is 0 Å². The molecule has 0 radical (unpaired) electrons. The number of anilines is 1. The van der Waals surface area contributed by atoms with E-state index in [1.54, 1.807) is 18.2 Å². The second kappa shape index (κ2) is 7.90. The minimum atomic E-state index is -0.430. The summed E-state index contributed by atoms with van der Waals surface area (Å²) in [5.74, 6) is 0.369. The summed E-state index contributed by atoms with van der Waals surface area (Å²) in [4.78, 5) is 11.8. The third-order valence-corrected chi connectivity index (χ3v) is 4.13. The molecule has 0 spiro atoms. The number of carbonyl (C=O) groups is 1. The van der Waals surface area contributed by atoms with E-state index < -0.39 is 5.97 Å². The highest BCUT2D eigenvalue weighted by atomic mass is 35.5. The second-order valence-electron chi connectivity index (χ2n) is 5.44. The summed E-state index contributed by atoms with van der Waals surface area (Å²) in [5, 5.41) is 5.92. The van der Waals surface area contributed by atoms with E-state index in [0.717, 1.165) is 11.1 Å². The van der Waals surface area contributed by atoms with Crippen molar-refractivity contribution in [2.45, 2.75) is 0 Å². The summed E-state index contributed by atoms with van der Waals surface area (Å²) in [6.45, 7) is 0.935. The van der Waals surface area contributed by atoms with E-state index in [1.165, 1.54) is 12.5 Å². The highest BCUT2D eigenvalue weighted by Crippen LogP contribution is 2.26. The maximum Gasteiger partial charge on any atom is 0.340 e. The van der Waals surface area contributed by atoms with Gasteiger partial charge in [0.05, 0.1) is 23.4 Å². The molecule has 25 heavy (non-hydrogen) atoms. The van der Waals surface area contributed by atoms with E-state index >= 15 is 0 Å². The average Bonchev–Trinajstić information content (AvgIpc) is 2.65. The number of ether oxygens (including phenoxy) is 2. The van der Waals surface area contributed by atoms with Gasteiger partial charge in [-0.05, 0) is 35.0 Å². The number of hydrogen-bond donors (Lipinski definition) is 1. The molecule has 0 aromatic heterocycles. The molecule has 3 aromatic carbocycles. The van der Waals surface area contributed by atoms with Crippen LogP contribution in [0.2, 0.25) is 5.02 Å². The molecule has 1 N–H and O–H groups in total. The topological polar surface area (TPSA) is 47.6 Å². The van der Waals surface area contributed by atoms with Gasteiger partial charge < -0.3 is 14.8 Å². The van der Waals surface area contributed by atoms with Crippen LogP contribution in [0, 0.1) is 0 Å². The molecule has 0 saturated heterocycles. The van der Waals surface area contributed by atoms with Crippen LogP contribution in [-0.4, -0.2) is 26.2 Å². The fourth-order valence-electron chi connectivity index (χ4n) is 2.59. The Kier molecular flexibility index (Phi) is 5.41. The van der Waals surface area contributed by atoms with Crippen LogP contribution in [0.4, 0.5) is 5.69 Å². The van der Waals surface area contributed by atoms with Crippen molar-refractivity contribution in [3.63, 3.8) is 0 Å². The predicted molar refractivity (Wildman–Crippen MR) is 101 cm³/mol. The third-order valence-electron chi connectivity index (χ3n) is 3.81. The number of carbonyl (C=O) groups excluding carboxylic acids is 1. The molecule has 0 aliphatic heterocycles. The Morgan fingerprint density at radius 3 is 2.64 bits per heavy atom. The summed E-state index contributed by atoms with van der Waals surface area (Å²) >= 11 is 6.18. The predicted octanol–water partition coefficient (Wildman–Crippen LogP) is 4.77. The lowest BCUT2D eigenvalue weighted by Gasteiger charge is -2.13. The molecule has 0 atom stereocenters. The van der Waals surface area contributed by atoms with Crippen LogP contribution >= 0.6 is 11.6 Å². The highest BCUT2D eigenvalue weighted by molar-refractivity contribution is 6.34. The smallest absolute Gasteiger partial charge is 0.340 e. The van der Waals surface area contributed by atoms with Gasteiger partial charge >= 0.3 is 5.97 Å². The number of benzene rings is 3. The normalized spacial score (nSPS) is 10.5. The molecule has 3 aromatic rings. The van der Waals surface area contributed by atoms with Crippen molar-refractivity contribution in [3.05, 3.63) is 71.2 Å². The van der Waals surface area contributed by atoms with E-state index in [1.807, 2.05) is 36.4 Å². The molecule has 0 saturated carbocycles. The molecule has 0 heterocycles. The quantitative estimate of drug-likeness (QED) is 0.511. The maximum absolute atomic E-state index is 11.8. The molecule has 0 fully saturated rings. The molecule has 0 bridgehead atoms. The molecular weight excluding hydrogens is 338 g/mol.